The second-order valence-electron chi connectivity index (χ2n) is 5.93. The van der Waals surface area contributed by atoms with Crippen LogP contribution in [0.2, 0.25) is 0 Å². The van der Waals surface area contributed by atoms with E-state index in [4.69, 9.17) is 4.74 Å². The van der Waals surface area contributed by atoms with Crippen molar-refractivity contribution in [1.82, 2.24) is 0 Å². The van der Waals surface area contributed by atoms with Crippen LogP contribution >= 0.6 is 0 Å². The van der Waals surface area contributed by atoms with Crippen LogP contribution in [-0.4, -0.2) is 28.9 Å². The summed E-state index contributed by atoms with van der Waals surface area (Å²) in [4.78, 5) is 23.9. The average molecular weight is 342 g/mol. The predicted octanol–water partition coefficient (Wildman–Crippen LogP) is 3.20. The first kappa shape index (κ1) is 18.5. The molecular formula is C20H22O5. The minimum Gasteiger partial charge on any atom is -0.508 e. The van der Waals surface area contributed by atoms with E-state index in [1.807, 2.05) is 0 Å². The molecule has 2 aromatic carbocycles. The number of hydrogen-bond acceptors (Lipinski definition) is 5. The van der Waals surface area contributed by atoms with Gasteiger partial charge in [-0.15, -0.1) is 0 Å². The Morgan fingerprint density at radius 2 is 1.44 bits per heavy atom. The van der Waals surface area contributed by atoms with E-state index in [1.54, 1.807) is 36.4 Å². The van der Waals surface area contributed by atoms with E-state index in [1.165, 1.54) is 13.2 Å². The van der Waals surface area contributed by atoms with Gasteiger partial charge in [0, 0.05) is 12.8 Å². The molecule has 2 aromatic rings. The van der Waals surface area contributed by atoms with Crippen molar-refractivity contribution in [2.75, 3.05) is 7.11 Å². The Bertz CT molecular complexity index is 734. The zero-order chi connectivity index (χ0) is 18.2. The van der Waals surface area contributed by atoms with Crippen molar-refractivity contribution in [1.29, 1.82) is 0 Å². The van der Waals surface area contributed by atoms with Crippen LogP contribution in [0.3, 0.4) is 0 Å². The highest BCUT2D eigenvalue weighted by Crippen LogP contribution is 2.26. The molecule has 2 rings (SSSR count). The van der Waals surface area contributed by atoms with Gasteiger partial charge in [-0.1, -0.05) is 18.2 Å². The summed E-state index contributed by atoms with van der Waals surface area (Å²) in [5, 5.41) is 18.8. The highest BCUT2D eigenvalue weighted by Gasteiger charge is 2.11. The van der Waals surface area contributed by atoms with Gasteiger partial charge in [-0.05, 0) is 48.2 Å². The number of phenolic OH excluding ortho intramolecular Hbond substituents is 2. The average Bonchev–Trinajstić information content (AvgIpc) is 2.60. The predicted molar refractivity (Wildman–Crippen MR) is 94.0 cm³/mol. The first-order valence-electron chi connectivity index (χ1n) is 8.15. The molecule has 0 aromatic heterocycles. The Morgan fingerprint density at radius 1 is 0.880 bits per heavy atom. The van der Waals surface area contributed by atoms with Crippen molar-refractivity contribution < 1.29 is 24.5 Å². The fourth-order valence-electron chi connectivity index (χ4n) is 2.50. The van der Waals surface area contributed by atoms with Crippen LogP contribution in [0.5, 0.6) is 17.2 Å². The summed E-state index contributed by atoms with van der Waals surface area (Å²) in [5.41, 5.74) is 1.83. The van der Waals surface area contributed by atoms with Gasteiger partial charge in [-0.2, -0.15) is 0 Å². The zero-order valence-electron chi connectivity index (χ0n) is 14.2. The molecule has 0 spiro atoms. The lowest BCUT2D eigenvalue weighted by Crippen LogP contribution is -2.09. The number of ketones is 2. The third-order valence-electron chi connectivity index (χ3n) is 3.96. The number of benzene rings is 2. The highest BCUT2D eigenvalue weighted by atomic mass is 16.5. The van der Waals surface area contributed by atoms with Crippen LogP contribution in [0.25, 0.3) is 0 Å². The third-order valence-corrected chi connectivity index (χ3v) is 3.96. The molecule has 5 heteroatoms. The van der Waals surface area contributed by atoms with E-state index < -0.39 is 0 Å². The molecule has 0 bridgehead atoms. The molecule has 25 heavy (non-hydrogen) atoms. The molecule has 0 amide bonds. The van der Waals surface area contributed by atoms with Gasteiger partial charge in [0.2, 0.25) is 0 Å². The van der Waals surface area contributed by atoms with Crippen LogP contribution in [-0.2, 0) is 22.4 Å². The summed E-state index contributed by atoms with van der Waals surface area (Å²) in [7, 11) is 1.47. The van der Waals surface area contributed by atoms with Crippen LogP contribution < -0.4 is 4.74 Å². The molecule has 132 valence electrons. The second-order valence-corrected chi connectivity index (χ2v) is 5.93. The summed E-state index contributed by atoms with van der Waals surface area (Å²) >= 11 is 0. The Hall–Kier alpha value is -2.82. The monoisotopic (exact) mass is 342 g/mol. The van der Waals surface area contributed by atoms with Crippen LogP contribution in [0, 0.1) is 0 Å². The Balaban J connectivity index is 1.75. The van der Waals surface area contributed by atoms with Crippen LogP contribution in [0.4, 0.5) is 0 Å². The van der Waals surface area contributed by atoms with E-state index in [0.717, 1.165) is 11.1 Å². The lowest BCUT2D eigenvalue weighted by Gasteiger charge is -2.06. The fourth-order valence-corrected chi connectivity index (χ4v) is 2.50. The number of methoxy groups -OCH3 is 1. The summed E-state index contributed by atoms with van der Waals surface area (Å²) in [6, 6.07) is 11.6. The van der Waals surface area contributed by atoms with Crippen molar-refractivity contribution >= 4 is 11.6 Å². The molecule has 0 aliphatic rings. The smallest absolute Gasteiger partial charge is 0.160 e. The number of rotatable bonds is 9. The third kappa shape index (κ3) is 5.95. The van der Waals surface area contributed by atoms with Gasteiger partial charge in [0.25, 0.3) is 0 Å². The minimum atomic E-state index is -0.0947. The van der Waals surface area contributed by atoms with E-state index in [2.05, 4.69) is 0 Å². The van der Waals surface area contributed by atoms with Gasteiger partial charge in [-0.25, -0.2) is 0 Å². The Kier molecular flexibility index (Phi) is 6.57. The van der Waals surface area contributed by atoms with Crippen LogP contribution in [0.1, 0.15) is 30.4 Å². The number of Topliss-reactive ketones (excluding diaryl/α,β-unsaturated/α-hetero) is 2. The lowest BCUT2D eigenvalue weighted by molar-refractivity contribution is -0.126. The Labute approximate surface area is 146 Å². The van der Waals surface area contributed by atoms with Crippen molar-refractivity contribution in [2.45, 2.75) is 32.1 Å². The second kappa shape index (κ2) is 8.87. The van der Waals surface area contributed by atoms with Gasteiger partial charge in [-0.3, -0.25) is 9.59 Å². The number of aromatic hydroxyl groups is 2. The van der Waals surface area contributed by atoms with Crippen molar-refractivity contribution in [3.8, 4) is 17.2 Å². The van der Waals surface area contributed by atoms with Gasteiger partial charge < -0.3 is 14.9 Å². The molecule has 5 nitrogen and oxygen atoms in total. The number of carbonyl (C=O) groups excluding carboxylic acids is 2. The van der Waals surface area contributed by atoms with Gasteiger partial charge in [0.1, 0.15) is 17.3 Å². The van der Waals surface area contributed by atoms with Crippen molar-refractivity contribution in [3.05, 3.63) is 53.6 Å². The zero-order valence-corrected chi connectivity index (χ0v) is 14.2. The first-order chi connectivity index (χ1) is 12.0. The maximum atomic E-state index is 12.0. The summed E-state index contributed by atoms with van der Waals surface area (Å²) in [6.07, 6.45) is 1.58. The molecule has 0 aliphatic carbocycles. The fraction of sp³-hybridized carbons (Fsp3) is 0.300. The minimum absolute atomic E-state index is 0.0574. The van der Waals surface area contributed by atoms with Gasteiger partial charge in [0.05, 0.1) is 13.5 Å². The molecule has 2 N–H and O–H groups in total. The van der Waals surface area contributed by atoms with Crippen molar-refractivity contribution in [3.63, 3.8) is 0 Å². The van der Waals surface area contributed by atoms with Gasteiger partial charge >= 0.3 is 0 Å². The van der Waals surface area contributed by atoms with Crippen LogP contribution in [0.15, 0.2) is 42.5 Å². The number of aryl methyl sites for hydroxylation is 2. The molecule has 0 fully saturated rings. The topological polar surface area (TPSA) is 83.8 Å². The normalized spacial score (nSPS) is 10.4. The lowest BCUT2D eigenvalue weighted by atomic mass is 10.0. The maximum Gasteiger partial charge on any atom is 0.160 e. The van der Waals surface area contributed by atoms with E-state index in [9.17, 15) is 19.8 Å². The molecule has 0 saturated carbocycles. The van der Waals surface area contributed by atoms with E-state index >= 15 is 0 Å². The SMILES string of the molecule is COc1cc(CCC(=O)CC(=O)CCc2ccc(O)cc2)ccc1O. The molecular weight excluding hydrogens is 320 g/mol. The number of phenols is 2. The molecule has 0 atom stereocenters. The molecule has 0 saturated heterocycles. The summed E-state index contributed by atoms with van der Waals surface area (Å²) in [5.74, 6) is 0.442. The first-order valence-corrected chi connectivity index (χ1v) is 8.15. The maximum absolute atomic E-state index is 12.0. The highest BCUT2D eigenvalue weighted by molar-refractivity contribution is 5.99. The van der Waals surface area contributed by atoms with Gasteiger partial charge in [0.15, 0.2) is 11.5 Å². The quantitative estimate of drug-likeness (QED) is 0.684. The standard InChI is InChI=1S/C20H22O5/c1-25-20-12-15(6-11-19(20)24)5-10-18(23)13-17(22)9-4-14-2-7-16(21)8-3-14/h2-3,6-8,11-12,21,24H,4-5,9-10,13H2,1H3. The molecule has 0 heterocycles. The Morgan fingerprint density at radius 3 is 2.04 bits per heavy atom. The number of carbonyl (C=O) groups is 2. The molecule has 0 radical (unpaired) electrons. The molecule has 0 aliphatic heterocycles. The summed E-state index contributed by atoms with van der Waals surface area (Å²) in [6.45, 7) is 0. The van der Waals surface area contributed by atoms with Crippen molar-refractivity contribution in [2.24, 2.45) is 0 Å². The number of hydrogen-bond donors (Lipinski definition) is 2. The molecule has 0 unspecified atom stereocenters. The van der Waals surface area contributed by atoms with E-state index in [-0.39, 0.29) is 35.9 Å². The number of ether oxygens (including phenoxy) is 1. The van der Waals surface area contributed by atoms with E-state index in [0.29, 0.717) is 25.0 Å². The largest absolute Gasteiger partial charge is 0.508 e. The summed E-state index contributed by atoms with van der Waals surface area (Å²) < 4.78 is 5.03.